The topological polar surface area (TPSA) is 185 Å². The Hall–Kier alpha value is -2.55. The summed E-state index contributed by atoms with van der Waals surface area (Å²) in [5.41, 5.74) is -4.50. The molecule has 12 nitrogen and oxygen atoms in total. The molecule has 0 aromatic heterocycles. The van der Waals surface area contributed by atoms with E-state index in [4.69, 9.17) is 23.7 Å². The molecule has 3 aliphatic rings. The maximum atomic E-state index is 12.9. The second kappa shape index (κ2) is 10.5. The fourth-order valence-electron chi connectivity index (χ4n) is 5.33. The van der Waals surface area contributed by atoms with Gasteiger partial charge in [-0.1, -0.05) is 12.1 Å². The van der Waals surface area contributed by atoms with E-state index in [0.717, 1.165) is 6.26 Å². The van der Waals surface area contributed by atoms with Crippen LogP contribution < -0.4 is 4.74 Å². The average molecular weight is 539 g/mol. The van der Waals surface area contributed by atoms with Gasteiger partial charge in [0.2, 0.25) is 6.29 Å². The third kappa shape index (κ3) is 4.61. The molecule has 1 aliphatic carbocycles. The zero-order valence-electron chi connectivity index (χ0n) is 21.2. The number of methoxy groups -OCH3 is 1. The van der Waals surface area contributed by atoms with Crippen LogP contribution in [0.15, 0.2) is 42.7 Å². The maximum Gasteiger partial charge on any atom is 0.331 e. The summed E-state index contributed by atoms with van der Waals surface area (Å²) in [5, 5.41) is 62.6. The van der Waals surface area contributed by atoms with Gasteiger partial charge in [-0.25, -0.2) is 4.79 Å². The standard InChI is InChI=1S/C26H34O12/c1-24(38-18(29)9-6-14-4-7-15(34-3)8-5-14)12-17(28)26(33)10-11-35-23(25(24,26)2)37-22-21(32)20(31)19(30)16(13-27)36-22/h4-11,16-17,19-23,27-28,30-33H,12-13H2,1-3H3/b9-6+/t16-,17-,19+,20+,21-,22+,23+,24+,25-,26-/m1/s1. The van der Waals surface area contributed by atoms with Gasteiger partial charge in [0.1, 0.15) is 46.8 Å². The summed E-state index contributed by atoms with van der Waals surface area (Å²) in [7, 11) is 1.54. The summed E-state index contributed by atoms with van der Waals surface area (Å²) >= 11 is 0. The number of esters is 1. The number of carbonyl (C=O) groups is 1. The van der Waals surface area contributed by atoms with Crippen molar-refractivity contribution in [3.05, 3.63) is 48.2 Å². The number of benzene rings is 1. The first-order valence-electron chi connectivity index (χ1n) is 12.1. The van der Waals surface area contributed by atoms with Gasteiger partial charge in [-0.15, -0.1) is 0 Å². The molecule has 1 saturated heterocycles. The van der Waals surface area contributed by atoms with Crippen LogP contribution in [0, 0.1) is 5.41 Å². The third-order valence-electron chi connectivity index (χ3n) is 7.98. The first-order chi connectivity index (χ1) is 17.9. The fraction of sp³-hybridized carbons (Fsp3) is 0.577. The van der Waals surface area contributed by atoms with Gasteiger partial charge in [-0.2, -0.15) is 0 Å². The molecule has 0 spiro atoms. The Balaban J connectivity index is 1.58. The highest BCUT2D eigenvalue weighted by molar-refractivity contribution is 5.87. The van der Waals surface area contributed by atoms with Crippen LogP contribution >= 0.6 is 0 Å². The number of carbonyl (C=O) groups excluding carboxylic acids is 1. The van der Waals surface area contributed by atoms with E-state index in [1.807, 2.05) is 0 Å². The Morgan fingerprint density at radius 1 is 1.11 bits per heavy atom. The molecule has 210 valence electrons. The zero-order valence-corrected chi connectivity index (χ0v) is 21.2. The van der Waals surface area contributed by atoms with E-state index in [2.05, 4.69) is 0 Å². The number of ether oxygens (including phenoxy) is 5. The molecule has 4 rings (SSSR count). The van der Waals surface area contributed by atoms with Crippen molar-refractivity contribution in [1.82, 2.24) is 0 Å². The Morgan fingerprint density at radius 3 is 2.42 bits per heavy atom. The molecule has 1 saturated carbocycles. The number of aliphatic hydroxyl groups excluding tert-OH is 5. The van der Waals surface area contributed by atoms with Gasteiger partial charge < -0.3 is 54.3 Å². The molecule has 0 radical (unpaired) electrons. The first kappa shape index (κ1) is 28.5. The van der Waals surface area contributed by atoms with Crippen molar-refractivity contribution >= 4 is 12.0 Å². The summed E-state index contributed by atoms with van der Waals surface area (Å²) in [6, 6.07) is 6.95. The first-order valence-corrected chi connectivity index (χ1v) is 12.1. The lowest BCUT2D eigenvalue weighted by atomic mass is 9.67. The smallest absolute Gasteiger partial charge is 0.331 e. The molecule has 1 aromatic rings. The van der Waals surface area contributed by atoms with Crippen molar-refractivity contribution < 1.29 is 59.1 Å². The molecular formula is C26H34O12. The van der Waals surface area contributed by atoms with Gasteiger partial charge in [-0.3, -0.25) is 0 Å². The summed E-state index contributed by atoms with van der Waals surface area (Å²) in [6.45, 7) is 2.33. The second-order valence-corrected chi connectivity index (χ2v) is 10.1. The minimum absolute atomic E-state index is 0.190. The molecule has 0 bridgehead atoms. The Bertz CT molecular complexity index is 1060. The van der Waals surface area contributed by atoms with Gasteiger partial charge in [0.25, 0.3) is 0 Å². The van der Waals surface area contributed by atoms with E-state index < -0.39 is 72.3 Å². The number of hydrogen-bond donors (Lipinski definition) is 6. The molecule has 10 atom stereocenters. The van der Waals surface area contributed by atoms with Gasteiger partial charge in [-0.05, 0) is 43.7 Å². The highest BCUT2D eigenvalue weighted by Crippen LogP contribution is 2.60. The predicted molar refractivity (Wildman–Crippen MR) is 129 cm³/mol. The SMILES string of the molecule is COc1ccc(/C=C/C(=O)O[C@@]2(C)C[C@@H](O)[C@]3(O)C=CO[C@@H](O[C@@H]4O[C@H](CO)[C@H](O)[C@H](O)[C@H]4O)[C@@]32C)cc1. The molecular weight excluding hydrogens is 504 g/mol. The highest BCUT2D eigenvalue weighted by Gasteiger charge is 2.74. The van der Waals surface area contributed by atoms with Crippen LogP contribution in [0.4, 0.5) is 0 Å². The van der Waals surface area contributed by atoms with Crippen molar-refractivity contribution in [3.8, 4) is 5.75 Å². The minimum atomic E-state index is -1.99. The fourth-order valence-corrected chi connectivity index (χ4v) is 5.33. The number of hydrogen-bond acceptors (Lipinski definition) is 12. The maximum absolute atomic E-state index is 12.9. The lowest BCUT2D eigenvalue weighted by Crippen LogP contribution is -2.66. The highest BCUT2D eigenvalue weighted by atomic mass is 16.8. The predicted octanol–water partition coefficient (Wildman–Crippen LogP) is -0.801. The summed E-state index contributed by atoms with van der Waals surface area (Å²) in [6.07, 6.45) is -5.88. The van der Waals surface area contributed by atoms with Crippen molar-refractivity contribution in [2.24, 2.45) is 5.41 Å². The van der Waals surface area contributed by atoms with Crippen LogP contribution in [0.5, 0.6) is 5.75 Å². The van der Waals surface area contributed by atoms with E-state index in [1.165, 1.54) is 32.1 Å². The number of fused-ring (bicyclic) bond motifs is 1. The van der Waals surface area contributed by atoms with Crippen LogP contribution in [0.25, 0.3) is 6.08 Å². The molecule has 2 fully saturated rings. The van der Waals surface area contributed by atoms with Gasteiger partial charge >= 0.3 is 5.97 Å². The lowest BCUT2D eigenvalue weighted by molar-refractivity contribution is -0.368. The molecule has 38 heavy (non-hydrogen) atoms. The van der Waals surface area contributed by atoms with E-state index in [0.29, 0.717) is 11.3 Å². The normalized spacial score (nSPS) is 42.5. The van der Waals surface area contributed by atoms with E-state index in [-0.39, 0.29) is 6.42 Å². The quantitative estimate of drug-likeness (QED) is 0.188. The monoisotopic (exact) mass is 538 g/mol. The second-order valence-electron chi connectivity index (χ2n) is 10.1. The van der Waals surface area contributed by atoms with Crippen LogP contribution in [-0.2, 0) is 23.7 Å². The molecule has 2 heterocycles. The molecule has 2 aliphatic heterocycles. The number of aliphatic hydroxyl groups is 6. The van der Waals surface area contributed by atoms with E-state index in [1.54, 1.807) is 31.4 Å². The van der Waals surface area contributed by atoms with Crippen LogP contribution in [0.2, 0.25) is 0 Å². The Labute approximate surface area is 219 Å². The zero-order chi connectivity index (χ0) is 27.9. The van der Waals surface area contributed by atoms with E-state index >= 15 is 0 Å². The van der Waals surface area contributed by atoms with Crippen LogP contribution in [0.3, 0.4) is 0 Å². The van der Waals surface area contributed by atoms with Crippen molar-refractivity contribution in [1.29, 1.82) is 0 Å². The minimum Gasteiger partial charge on any atom is -0.497 e. The van der Waals surface area contributed by atoms with Crippen LogP contribution in [-0.4, -0.2) is 105 Å². The average Bonchev–Trinajstić information content (AvgIpc) is 3.05. The van der Waals surface area contributed by atoms with E-state index in [9.17, 15) is 35.4 Å². The molecule has 6 N–H and O–H groups in total. The molecule has 0 unspecified atom stereocenters. The van der Waals surface area contributed by atoms with Crippen molar-refractivity contribution in [3.63, 3.8) is 0 Å². The van der Waals surface area contributed by atoms with Crippen LogP contribution in [0.1, 0.15) is 25.8 Å². The van der Waals surface area contributed by atoms with Gasteiger partial charge in [0.05, 0.1) is 26.1 Å². The summed E-state index contributed by atoms with van der Waals surface area (Å²) < 4.78 is 27.8. The molecule has 12 heteroatoms. The van der Waals surface area contributed by atoms with Gasteiger partial charge in [0.15, 0.2) is 6.29 Å². The summed E-state index contributed by atoms with van der Waals surface area (Å²) in [4.78, 5) is 12.9. The Kier molecular flexibility index (Phi) is 7.90. The lowest BCUT2D eigenvalue weighted by Gasteiger charge is -2.52. The summed E-state index contributed by atoms with van der Waals surface area (Å²) in [5.74, 6) is -0.109. The molecule has 0 amide bonds. The van der Waals surface area contributed by atoms with Crippen molar-refractivity contribution in [2.75, 3.05) is 13.7 Å². The third-order valence-corrected chi connectivity index (χ3v) is 7.98. The number of rotatable bonds is 7. The van der Waals surface area contributed by atoms with Crippen molar-refractivity contribution in [2.45, 2.75) is 74.6 Å². The Morgan fingerprint density at radius 2 is 1.79 bits per heavy atom. The largest absolute Gasteiger partial charge is 0.497 e. The molecule has 1 aromatic carbocycles. The van der Waals surface area contributed by atoms with Gasteiger partial charge in [0, 0.05) is 12.5 Å².